The minimum Gasteiger partial charge on any atom is -0.354 e. The van der Waals surface area contributed by atoms with Crippen molar-refractivity contribution in [1.82, 2.24) is 4.98 Å². The number of hydrogen-bond acceptors (Lipinski definition) is 3. The molecule has 1 N–H and O–H groups in total. The Balaban J connectivity index is 2.00. The molecule has 0 saturated heterocycles. The Hall–Kier alpha value is -3.24. The molecule has 1 aliphatic heterocycles. The largest absolute Gasteiger partial charge is 0.354 e. The van der Waals surface area contributed by atoms with Crippen molar-refractivity contribution in [3.63, 3.8) is 0 Å². The van der Waals surface area contributed by atoms with Crippen LogP contribution in [0.4, 0.5) is 0 Å². The number of H-pyrrole nitrogens is 1. The number of benzene rings is 3. The average molecular weight is 360 g/mol. The van der Waals surface area contributed by atoms with E-state index in [1.54, 1.807) is 30.3 Å². The summed E-state index contributed by atoms with van der Waals surface area (Å²) in [7, 11) is 0. The smallest absolute Gasteiger partial charge is 0.207 e. The van der Waals surface area contributed by atoms with E-state index in [0.29, 0.717) is 16.8 Å². The molecule has 2 aromatic rings. The van der Waals surface area contributed by atoms with Crippen molar-refractivity contribution in [3.05, 3.63) is 92.1 Å². The lowest BCUT2D eigenvalue weighted by molar-refractivity contribution is 0.0979. The topological polar surface area (TPSA) is 67.0 Å². The average Bonchev–Trinajstić information content (AvgIpc) is 2.67. The number of nitrogens with one attached hydrogen (secondary N) is 1. The zero-order valence-corrected chi connectivity index (χ0v) is 14.1. The van der Waals surface area contributed by atoms with Crippen molar-refractivity contribution in [2.45, 2.75) is 0 Å². The van der Waals surface area contributed by atoms with Crippen molar-refractivity contribution in [2.24, 2.45) is 0 Å². The second-order valence-corrected chi connectivity index (χ2v) is 6.62. The van der Waals surface area contributed by atoms with Gasteiger partial charge >= 0.3 is 0 Å². The van der Waals surface area contributed by atoms with Crippen LogP contribution in [-0.4, -0.2) is 16.6 Å². The molecular weight excluding hydrogens is 350 g/mol. The summed E-state index contributed by atoms with van der Waals surface area (Å²) in [6, 6.07) is 15.7. The van der Waals surface area contributed by atoms with Crippen molar-refractivity contribution >= 4 is 34.1 Å². The number of pyridine rings is 1. The molecule has 0 unspecified atom stereocenters. The molecule has 124 valence electrons. The van der Waals surface area contributed by atoms with Crippen LogP contribution in [0.2, 0.25) is 5.02 Å². The lowest BCUT2D eigenvalue weighted by Crippen LogP contribution is -2.27. The Labute approximate surface area is 152 Å². The van der Waals surface area contributed by atoms with Crippen molar-refractivity contribution < 1.29 is 9.59 Å². The van der Waals surface area contributed by atoms with Gasteiger partial charge < -0.3 is 4.98 Å². The molecular formula is C21H10ClNO3. The lowest BCUT2D eigenvalue weighted by atomic mass is 9.81. The van der Waals surface area contributed by atoms with Gasteiger partial charge in [0.2, 0.25) is 5.43 Å². The second kappa shape index (κ2) is 5.13. The summed E-state index contributed by atoms with van der Waals surface area (Å²) in [5.74, 6) is -0.714. The molecule has 3 aliphatic rings. The number of carbonyl (C=O) groups excluding carboxylic acids is 2. The van der Waals surface area contributed by atoms with E-state index in [-0.39, 0.29) is 27.5 Å². The first kappa shape index (κ1) is 15.0. The fourth-order valence-electron chi connectivity index (χ4n) is 3.60. The Morgan fingerprint density at radius 3 is 2.08 bits per heavy atom. The van der Waals surface area contributed by atoms with Gasteiger partial charge in [-0.1, -0.05) is 54.1 Å². The summed E-state index contributed by atoms with van der Waals surface area (Å²) in [4.78, 5) is 42.0. The third-order valence-electron chi connectivity index (χ3n) is 4.82. The van der Waals surface area contributed by atoms with Crippen LogP contribution in [0.15, 0.2) is 59.4 Å². The Morgan fingerprint density at radius 1 is 0.731 bits per heavy atom. The molecule has 0 bridgehead atoms. The van der Waals surface area contributed by atoms with Gasteiger partial charge in [0.1, 0.15) is 5.02 Å². The van der Waals surface area contributed by atoms with Crippen LogP contribution >= 0.6 is 11.6 Å². The van der Waals surface area contributed by atoms with Crippen LogP contribution in [0.3, 0.4) is 0 Å². The molecule has 0 radical (unpaired) electrons. The zero-order chi connectivity index (χ0) is 18.0. The van der Waals surface area contributed by atoms with E-state index in [4.69, 9.17) is 11.6 Å². The summed E-state index contributed by atoms with van der Waals surface area (Å²) >= 11 is 6.27. The highest BCUT2D eigenvalue weighted by molar-refractivity contribution is 6.40. The molecule has 26 heavy (non-hydrogen) atoms. The van der Waals surface area contributed by atoms with E-state index >= 15 is 0 Å². The highest BCUT2D eigenvalue weighted by Crippen LogP contribution is 2.37. The SMILES string of the molecule is O=C1c2ccccc2C(=O)c2c1c1[nH]c3ccccc3cc-1c(=O)c2Cl. The molecule has 2 aliphatic carbocycles. The number of aromatic nitrogens is 1. The maximum Gasteiger partial charge on any atom is 0.207 e. The first-order valence-corrected chi connectivity index (χ1v) is 8.41. The minimum absolute atomic E-state index is 0.0144. The highest BCUT2D eigenvalue weighted by atomic mass is 35.5. The molecule has 0 fully saturated rings. The summed E-state index contributed by atoms with van der Waals surface area (Å²) in [6.45, 7) is 0. The molecule has 0 aromatic heterocycles. The Bertz CT molecular complexity index is 1300. The summed E-state index contributed by atoms with van der Waals surface area (Å²) in [5, 5.41) is 0.618. The van der Waals surface area contributed by atoms with Crippen LogP contribution < -0.4 is 5.43 Å². The van der Waals surface area contributed by atoms with E-state index in [1.807, 2.05) is 24.3 Å². The number of aromatic amines is 1. The molecule has 5 heteroatoms. The number of halogens is 1. The maximum atomic E-state index is 13.1. The standard InChI is InChI=1S/C21H10ClNO3/c22-17-15-16(20(25)12-7-3-2-6-11(12)19(15)24)18-13(21(17)26)9-10-5-1-4-8-14(10)23-18/h1-9,23H. The number of fused-ring (bicyclic) bond motifs is 5. The molecule has 0 amide bonds. The molecule has 5 rings (SSSR count). The highest BCUT2D eigenvalue weighted by Gasteiger charge is 2.36. The van der Waals surface area contributed by atoms with Gasteiger partial charge in [0.25, 0.3) is 0 Å². The molecule has 1 heterocycles. The van der Waals surface area contributed by atoms with Gasteiger partial charge in [-0.25, -0.2) is 0 Å². The lowest BCUT2D eigenvalue weighted by Gasteiger charge is -2.22. The van der Waals surface area contributed by atoms with Gasteiger partial charge in [-0.2, -0.15) is 0 Å². The third-order valence-corrected chi connectivity index (χ3v) is 5.18. The van der Waals surface area contributed by atoms with Gasteiger partial charge in [0, 0.05) is 22.2 Å². The number of rotatable bonds is 0. The summed E-state index contributed by atoms with van der Waals surface area (Å²) in [6.07, 6.45) is 0. The van der Waals surface area contributed by atoms with E-state index in [1.165, 1.54) is 0 Å². The number of hydrogen-bond donors (Lipinski definition) is 1. The molecule has 4 nitrogen and oxygen atoms in total. The number of para-hydroxylation sites is 1. The zero-order valence-electron chi connectivity index (χ0n) is 13.3. The monoisotopic (exact) mass is 359 g/mol. The van der Waals surface area contributed by atoms with E-state index in [9.17, 15) is 14.4 Å². The number of ketones is 2. The Kier molecular flexibility index (Phi) is 2.97. The van der Waals surface area contributed by atoms with E-state index in [0.717, 1.165) is 10.9 Å². The van der Waals surface area contributed by atoms with Gasteiger partial charge in [-0.05, 0) is 17.5 Å². The molecule has 2 aromatic carbocycles. The fourth-order valence-corrected chi connectivity index (χ4v) is 3.88. The predicted octanol–water partition coefficient (Wildman–Crippen LogP) is 4.06. The van der Waals surface area contributed by atoms with Gasteiger partial charge in [0.15, 0.2) is 11.6 Å². The minimum atomic E-state index is -0.456. The van der Waals surface area contributed by atoms with Crippen LogP contribution in [0.5, 0.6) is 0 Å². The van der Waals surface area contributed by atoms with Gasteiger partial charge in [-0.15, -0.1) is 0 Å². The van der Waals surface area contributed by atoms with Crippen molar-refractivity contribution in [2.75, 3.05) is 0 Å². The first-order valence-electron chi connectivity index (χ1n) is 8.03. The summed E-state index contributed by atoms with van der Waals surface area (Å²) < 4.78 is 0. The molecule has 0 saturated carbocycles. The molecule has 0 atom stereocenters. The quantitative estimate of drug-likeness (QED) is 0.424. The first-order chi connectivity index (χ1) is 12.6. The van der Waals surface area contributed by atoms with Crippen LogP contribution in [-0.2, 0) is 0 Å². The van der Waals surface area contributed by atoms with Crippen molar-refractivity contribution in [3.8, 4) is 11.3 Å². The van der Waals surface area contributed by atoms with E-state index in [2.05, 4.69) is 4.98 Å². The van der Waals surface area contributed by atoms with Crippen LogP contribution in [0.25, 0.3) is 22.2 Å². The number of carbonyl (C=O) groups is 2. The second-order valence-electron chi connectivity index (χ2n) is 6.24. The van der Waals surface area contributed by atoms with Crippen LogP contribution in [0.1, 0.15) is 31.8 Å². The summed E-state index contributed by atoms with van der Waals surface area (Å²) in [5.41, 5.74) is 1.70. The van der Waals surface area contributed by atoms with Crippen molar-refractivity contribution in [1.29, 1.82) is 0 Å². The van der Waals surface area contributed by atoms with Gasteiger partial charge in [-0.3, -0.25) is 14.4 Å². The fraction of sp³-hybridized carbons (Fsp3) is 0. The van der Waals surface area contributed by atoms with E-state index < -0.39 is 11.2 Å². The predicted molar refractivity (Wildman–Crippen MR) is 99.5 cm³/mol. The molecule has 0 spiro atoms. The Morgan fingerprint density at radius 2 is 1.35 bits per heavy atom. The van der Waals surface area contributed by atoms with Gasteiger partial charge in [0.05, 0.1) is 16.8 Å². The maximum absolute atomic E-state index is 13.1. The third kappa shape index (κ3) is 1.82. The van der Waals surface area contributed by atoms with Crippen LogP contribution in [0, 0.1) is 0 Å². The normalized spacial score (nSPS) is 13.1.